The molecule has 3 unspecified atom stereocenters. The Hall–Kier alpha value is -1.67. The molecule has 0 aromatic carbocycles. The molecule has 2 saturated heterocycles. The van der Waals surface area contributed by atoms with Gasteiger partial charge in [-0.05, 0) is 76.5 Å². The molecule has 2 amide bonds. The first-order valence-electron chi connectivity index (χ1n) is 13.3. The number of ether oxygens (including phenoxy) is 2. The Labute approximate surface area is 198 Å². The lowest BCUT2D eigenvalue weighted by atomic mass is 9.80. The number of urea groups is 1. The maximum absolute atomic E-state index is 12.9. The topological polar surface area (TPSA) is 81.5 Å². The number of nitrogens with zero attached hydrogens (tertiary/aromatic N) is 4. The Morgan fingerprint density at radius 3 is 2.70 bits per heavy atom. The van der Waals surface area contributed by atoms with E-state index in [2.05, 4.69) is 24.1 Å². The van der Waals surface area contributed by atoms with Crippen molar-refractivity contribution < 1.29 is 14.3 Å². The molecule has 0 bridgehead atoms. The normalized spacial score (nSPS) is 31.0. The van der Waals surface area contributed by atoms with E-state index in [0.29, 0.717) is 19.3 Å². The summed E-state index contributed by atoms with van der Waals surface area (Å²) >= 11 is 0. The molecule has 1 saturated carbocycles. The molecule has 186 valence electrons. The second kappa shape index (κ2) is 11.6. The van der Waals surface area contributed by atoms with E-state index in [4.69, 9.17) is 14.6 Å². The van der Waals surface area contributed by atoms with Crippen molar-refractivity contribution in [2.75, 3.05) is 26.3 Å². The highest BCUT2D eigenvalue weighted by Gasteiger charge is 2.38. The fourth-order valence-corrected chi connectivity index (χ4v) is 5.76. The first kappa shape index (κ1) is 24.5. The van der Waals surface area contributed by atoms with Gasteiger partial charge in [-0.2, -0.15) is 5.10 Å². The van der Waals surface area contributed by atoms with Crippen molar-refractivity contribution in [3.05, 3.63) is 12.2 Å². The largest absolute Gasteiger partial charge is 0.376 e. The van der Waals surface area contributed by atoms with Gasteiger partial charge < -0.3 is 19.7 Å². The molecule has 1 aromatic heterocycles. The molecule has 2 aliphatic heterocycles. The Balaban J connectivity index is 1.45. The highest BCUT2D eigenvalue weighted by atomic mass is 16.5. The molecule has 1 aliphatic carbocycles. The van der Waals surface area contributed by atoms with Gasteiger partial charge in [-0.1, -0.05) is 13.8 Å². The van der Waals surface area contributed by atoms with Gasteiger partial charge in [-0.3, -0.25) is 0 Å². The smallest absolute Gasteiger partial charge is 0.317 e. The standard InChI is InChI=1S/C25H43N5O3/c1-4-26-25(31)29-14-7-8-21(24-27-17-30(28-24)23-9-5-6-15-32-23)22(29)16-33-20-12-10-19(11-13-20)18(2)3/h17-23H,4-16H2,1-3H3,(H,26,31)/t19-,20+,21?,22?,23?. The summed E-state index contributed by atoms with van der Waals surface area (Å²) in [5.74, 6) is 2.46. The third kappa shape index (κ3) is 6.07. The van der Waals surface area contributed by atoms with Crippen LogP contribution in [0, 0.1) is 11.8 Å². The molecule has 33 heavy (non-hydrogen) atoms. The summed E-state index contributed by atoms with van der Waals surface area (Å²) in [5.41, 5.74) is 0. The van der Waals surface area contributed by atoms with Crippen LogP contribution in [0.2, 0.25) is 0 Å². The summed E-state index contributed by atoms with van der Waals surface area (Å²) in [6.45, 7) is 9.32. The van der Waals surface area contributed by atoms with E-state index in [0.717, 1.165) is 75.8 Å². The van der Waals surface area contributed by atoms with E-state index in [1.165, 1.54) is 12.8 Å². The van der Waals surface area contributed by atoms with E-state index >= 15 is 0 Å². The maximum Gasteiger partial charge on any atom is 0.317 e. The van der Waals surface area contributed by atoms with Gasteiger partial charge in [-0.15, -0.1) is 0 Å². The molecule has 3 fully saturated rings. The number of amides is 2. The second-order valence-corrected chi connectivity index (χ2v) is 10.4. The molecule has 3 heterocycles. The third-order valence-corrected chi connectivity index (χ3v) is 7.84. The number of hydrogen-bond donors (Lipinski definition) is 1. The zero-order valence-corrected chi connectivity index (χ0v) is 20.7. The number of likely N-dealkylation sites (tertiary alicyclic amines) is 1. The third-order valence-electron chi connectivity index (χ3n) is 7.84. The summed E-state index contributed by atoms with van der Waals surface area (Å²) in [4.78, 5) is 19.6. The molecule has 4 rings (SSSR count). The summed E-state index contributed by atoms with van der Waals surface area (Å²) in [6, 6.07) is -0.0504. The lowest BCUT2D eigenvalue weighted by Gasteiger charge is -2.41. The molecule has 0 radical (unpaired) electrons. The monoisotopic (exact) mass is 461 g/mol. The van der Waals surface area contributed by atoms with Gasteiger partial charge in [0.2, 0.25) is 0 Å². The fourth-order valence-electron chi connectivity index (χ4n) is 5.76. The molecule has 1 N–H and O–H groups in total. The number of carbonyl (C=O) groups excluding carboxylic acids is 1. The number of aromatic nitrogens is 3. The van der Waals surface area contributed by atoms with Crippen LogP contribution in [0.15, 0.2) is 6.33 Å². The van der Waals surface area contributed by atoms with Crippen LogP contribution in [0.3, 0.4) is 0 Å². The van der Waals surface area contributed by atoms with Crippen molar-refractivity contribution in [2.45, 2.75) is 103 Å². The molecule has 3 atom stereocenters. The zero-order valence-electron chi connectivity index (χ0n) is 20.7. The lowest BCUT2D eigenvalue weighted by Crippen LogP contribution is -2.54. The molecule has 3 aliphatic rings. The minimum Gasteiger partial charge on any atom is -0.376 e. The second-order valence-electron chi connectivity index (χ2n) is 10.4. The first-order chi connectivity index (χ1) is 16.1. The average molecular weight is 462 g/mol. The van der Waals surface area contributed by atoms with Crippen molar-refractivity contribution in [3.8, 4) is 0 Å². The fraction of sp³-hybridized carbons (Fsp3) is 0.880. The summed E-state index contributed by atoms with van der Waals surface area (Å²) in [7, 11) is 0. The van der Waals surface area contributed by atoms with Gasteiger partial charge in [0.05, 0.1) is 18.8 Å². The summed E-state index contributed by atoms with van der Waals surface area (Å²) < 4.78 is 14.3. The van der Waals surface area contributed by atoms with E-state index in [9.17, 15) is 4.79 Å². The van der Waals surface area contributed by atoms with Gasteiger partial charge in [0.25, 0.3) is 0 Å². The minimum atomic E-state index is -0.0451. The SMILES string of the molecule is CCNC(=O)N1CCCC(c2ncn(C3CCCCO3)n2)C1CO[C@H]1CC[C@@H](C(C)C)CC1. The summed E-state index contributed by atoms with van der Waals surface area (Å²) in [6.07, 6.45) is 12.0. The minimum absolute atomic E-state index is 0.00522. The van der Waals surface area contributed by atoms with Crippen molar-refractivity contribution in [2.24, 2.45) is 11.8 Å². The van der Waals surface area contributed by atoms with Crippen LogP contribution in [-0.4, -0.2) is 64.1 Å². The zero-order chi connectivity index (χ0) is 23.2. The molecule has 0 spiro atoms. The van der Waals surface area contributed by atoms with Gasteiger partial charge >= 0.3 is 6.03 Å². The number of piperidine rings is 1. The van der Waals surface area contributed by atoms with E-state index < -0.39 is 0 Å². The molecule has 8 heteroatoms. The molecular weight excluding hydrogens is 418 g/mol. The molecule has 1 aromatic rings. The van der Waals surface area contributed by atoms with Crippen LogP contribution in [0.5, 0.6) is 0 Å². The van der Waals surface area contributed by atoms with E-state index in [1.807, 2.05) is 22.8 Å². The van der Waals surface area contributed by atoms with E-state index in [-0.39, 0.29) is 24.2 Å². The van der Waals surface area contributed by atoms with Crippen molar-refractivity contribution >= 4 is 6.03 Å². The van der Waals surface area contributed by atoms with Gasteiger partial charge in [0.15, 0.2) is 12.1 Å². The van der Waals surface area contributed by atoms with Crippen LogP contribution in [0.4, 0.5) is 4.79 Å². The predicted octanol–water partition coefficient (Wildman–Crippen LogP) is 4.49. The number of rotatable bonds is 7. The average Bonchev–Trinajstić information content (AvgIpc) is 3.33. The summed E-state index contributed by atoms with van der Waals surface area (Å²) in [5, 5.41) is 7.83. The maximum atomic E-state index is 12.9. The quantitative estimate of drug-likeness (QED) is 0.647. The van der Waals surface area contributed by atoms with Crippen LogP contribution >= 0.6 is 0 Å². The Morgan fingerprint density at radius 1 is 1.18 bits per heavy atom. The van der Waals surface area contributed by atoms with E-state index in [1.54, 1.807) is 0 Å². The number of hydrogen-bond acceptors (Lipinski definition) is 5. The number of nitrogens with one attached hydrogen (secondary N) is 1. The Bertz CT molecular complexity index is 740. The van der Waals surface area contributed by atoms with Gasteiger partial charge in [-0.25, -0.2) is 14.5 Å². The Kier molecular flexibility index (Phi) is 8.63. The molecule has 8 nitrogen and oxygen atoms in total. The first-order valence-corrected chi connectivity index (χ1v) is 13.3. The molecular formula is C25H43N5O3. The Morgan fingerprint density at radius 2 is 2.00 bits per heavy atom. The van der Waals surface area contributed by atoms with Crippen LogP contribution in [0.1, 0.15) is 96.5 Å². The van der Waals surface area contributed by atoms with Crippen molar-refractivity contribution in [1.82, 2.24) is 25.0 Å². The van der Waals surface area contributed by atoms with Crippen molar-refractivity contribution in [1.29, 1.82) is 0 Å². The van der Waals surface area contributed by atoms with Gasteiger partial charge in [0.1, 0.15) is 6.33 Å². The predicted molar refractivity (Wildman–Crippen MR) is 127 cm³/mol. The number of carbonyl (C=O) groups is 1. The van der Waals surface area contributed by atoms with Crippen molar-refractivity contribution in [3.63, 3.8) is 0 Å². The van der Waals surface area contributed by atoms with Crippen LogP contribution in [-0.2, 0) is 9.47 Å². The highest BCUT2D eigenvalue weighted by Crippen LogP contribution is 2.35. The lowest BCUT2D eigenvalue weighted by molar-refractivity contribution is -0.0405. The highest BCUT2D eigenvalue weighted by molar-refractivity contribution is 5.74. The van der Waals surface area contributed by atoms with Gasteiger partial charge in [0, 0.05) is 25.6 Å². The van der Waals surface area contributed by atoms with Crippen LogP contribution < -0.4 is 5.32 Å². The van der Waals surface area contributed by atoms with Crippen LogP contribution in [0.25, 0.3) is 0 Å².